The lowest BCUT2D eigenvalue weighted by molar-refractivity contribution is -0.384. The first kappa shape index (κ1) is 13.6. The molecular formula is C13H19N3O3. The molecule has 2 rings (SSSR count). The zero-order valence-electron chi connectivity index (χ0n) is 11.0. The van der Waals surface area contributed by atoms with Crippen molar-refractivity contribution in [1.29, 1.82) is 0 Å². The van der Waals surface area contributed by atoms with E-state index in [0.29, 0.717) is 18.3 Å². The second-order valence-corrected chi connectivity index (χ2v) is 4.97. The van der Waals surface area contributed by atoms with E-state index in [4.69, 9.17) is 0 Å². The van der Waals surface area contributed by atoms with E-state index < -0.39 is 4.92 Å². The Labute approximate surface area is 112 Å². The molecule has 0 aromatic heterocycles. The van der Waals surface area contributed by atoms with Crippen molar-refractivity contribution in [2.24, 2.45) is 0 Å². The molecule has 19 heavy (non-hydrogen) atoms. The summed E-state index contributed by atoms with van der Waals surface area (Å²) in [6.07, 6.45) is 3.52. The maximum Gasteiger partial charge on any atom is 0.296 e. The molecule has 1 aliphatic rings. The van der Waals surface area contributed by atoms with Crippen LogP contribution in [0.4, 0.5) is 11.4 Å². The number of hydrogen-bond acceptors (Lipinski definition) is 5. The van der Waals surface area contributed by atoms with E-state index in [1.165, 1.54) is 25.0 Å². The van der Waals surface area contributed by atoms with Crippen molar-refractivity contribution >= 4 is 11.4 Å². The van der Waals surface area contributed by atoms with Crippen LogP contribution >= 0.6 is 0 Å². The van der Waals surface area contributed by atoms with Gasteiger partial charge in [0.15, 0.2) is 0 Å². The molecule has 0 aliphatic carbocycles. The average molecular weight is 265 g/mol. The van der Waals surface area contributed by atoms with E-state index in [0.717, 1.165) is 13.0 Å². The summed E-state index contributed by atoms with van der Waals surface area (Å²) < 4.78 is 0. The Kier molecular flexibility index (Phi) is 4.21. The van der Waals surface area contributed by atoms with Crippen LogP contribution in [-0.4, -0.2) is 41.1 Å². The predicted octanol–water partition coefficient (Wildman–Crippen LogP) is 2.20. The van der Waals surface area contributed by atoms with Crippen LogP contribution in [0.15, 0.2) is 18.2 Å². The Morgan fingerprint density at radius 3 is 3.00 bits per heavy atom. The monoisotopic (exact) mass is 265 g/mol. The SMILES string of the molecule is CN1CCCCC1CNc1ccc(O)cc1[N+](=O)[O-]. The number of nitro groups is 1. The number of nitrogens with one attached hydrogen (secondary N) is 1. The Morgan fingerprint density at radius 2 is 2.32 bits per heavy atom. The molecule has 104 valence electrons. The largest absolute Gasteiger partial charge is 0.508 e. The number of phenols is 1. The van der Waals surface area contributed by atoms with Gasteiger partial charge in [-0.15, -0.1) is 0 Å². The third-order valence-electron chi connectivity index (χ3n) is 3.63. The standard InChI is InChI=1S/C13H19N3O3/c1-15-7-3-2-4-10(15)9-14-12-6-5-11(17)8-13(12)16(18)19/h5-6,8,10,14,17H,2-4,7,9H2,1H3. The van der Waals surface area contributed by atoms with Crippen molar-refractivity contribution < 1.29 is 10.0 Å². The van der Waals surface area contributed by atoms with E-state index in [2.05, 4.69) is 17.3 Å². The van der Waals surface area contributed by atoms with Gasteiger partial charge in [-0.25, -0.2) is 0 Å². The van der Waals surface area contributed by atoms with Gasteiger partial charge in [-0.05, 0) is 38.6 Å². The number of phenolic OH excluding ortho intramolecular Hbond substituents is 1. The second kappa shape index (κ2) is 5.88. The molecule has 1 saturated heterocycles. The van der Waals surface area contributed by atoms with Gasteiger partial charge in [0.2, 0.25) is 0 Å². The molecule has 2 N–H and O–H groups in total. The molecular weight excluding hydrogens is 246 g/mol. The Hall–Kier alpha value is -1.82. The van der Waals surface area contributed by atoms with Gasteiger partial charge in [-0.2, -0.15) is 0 Å². The van der Waals surface area contributed by atoms with Gasteiger partial charge >= 0.3 is 0 Å². The summed E-state index contributed by atoms with van der Waals surface area (Å²) in [5.74, 6) is -0.0907. The minimum atomic E-state index is -0.480. The number of benzene rings is 1. The molecule has 1 unspecified atom stereocenters. The zero-order chi connectivity index (χ0) is 13.8. The molecule has 0 spiro atoms. The number of nitro benzene ring substituents is 1. The van der Waals surface area contributed by atoms with Gasteiger partial charge in [-0.3, -0.25) is 10.1 Å². The van der Waals surface area contributed by atoms with E-state index in [1.807, 2.05) is 0 Å². The van der Waals surface area contributed by atoms with Crippen LogP contribution in [0.25, 0.3) is 0 Å². The third-order valence-corrected chi connectivity index (χ3v) is 3.63. The molecule has 1 aromatic rings. The van der Waals surface area contributed by atoms with Gasteiger partial charge in [0.25, 0.3) is 5.69 Å². The van der Waals surface area contributed by atoms with Gasteiger partial charge in [0, 0.05) is 12.6 Å². The highest BCUT2D eigenvalue weighted by atomic mass is 16.6. The number of anilines is 1. The van der Waals surface area contributed by atoms with Crippen LogP contribution in [0.1, 0.15) is 19.3 Å². The fraction of sp³-hybridized carbons (Fsp3) is 0.538. The van der Waals surface area contributed by atoms with E-state index in [1.54, 1.807) is 6.07 Å². The van der Waals surface area contributed by atoms with E-state index in [-0.39, 0.29) is 11.4 Å². The van der Waals surface area contributed by atoms with Crippen LogP contribution in [0, 0.1) is 10.1 Å². The summed E-state index contributed by atoms with van der Waals surface area (Å²) in [5.41, 5.74) is 0.375. The number of hydrogen-bond donors (Lipinski definition) is 2. The molecule has 0 radical (unpaired) electrons. The molecule has 1 aromatic carbocycles. The lowest BCUT2D eigenvalue weighted by Gasteiger charge is -2.32. The average Bonchev–Trinajstić information content (AvgIpc) is 2.38. The minimum absolute atomic E-state index is 0.0848. The highest BCUT2D eigenvalue weighted by Gasteiger charge is 2.20. The first-order chi connectivity index (χ1) is 9.08. The summed E-state index contributed by atoms with van der Waals surface area (Å²) in [5, 5.41) is 23.4. The van der Waals surface area contributed by atoms with E-state index in [9.17, 15) is 15.2 Å². The van der Waals surface area contributed by atoms with Crippen molar-refractivity contribution in [3.63, 3.8) is 0 Å². The van der Waals surface area contributed by atoms with Crippen molar-refractivity contribution in [3.05, 3.63) is 28.3 Å². The first-order valence-corrected chi connectivity index (χ1v) is 6.49. The van der Waals surface area contributed by atoms with Crippen molar-refractivity contribution in [3.8, 4) is 5.75 Å². The van der Waals surface area contributed by atoms with Gasteiger partial charge in [0.05, 0.1) is 11.0 Å². The van der Waals surface area contributed by atoms with Crippen LogP contribution in [-0.2, 0) is 0 Å². The quantitative estimate of drug-likeness (QED) is 0.495. The molecule has 1 heterocycles. The minimum Gasteiger partial charge on any atom is -0.508 e. The maximum atomic E-state index is 10.9. The Bertz CT molecular complexity index is 464. The Morgan fingerprint density at radius 1 is 1.53 bits per heavy atom. The second-order valence-electron chi connectivity index (χ2n) is 4.97. The number of likely N-dealkylation sites (N-methyl/N-ethyl adjacent to an activating group) is 1. The number of likely N-dealkylation sites (tertiary alicyclic amines) is 1. The fourth-order valence-electron chi connectivity index (χ4n) is 2.45. The maximum absolute atomic E-state index is 10.9. The summed E-state index contributed by atoms with van der Waals surface area (Å²) in [6, 6.07) is 4.59. The predicted molar refractivity (Wildman–Crippen MR) is 73.5 cm³/mol. The van der Waals surface area contributed by atoms with Gasteiger partial charge in [-0.1, -0.05) is 6.42 Å². The lowest BCUT2D eigenvalue weighted by Crippen LogP contribution is -2.40. The van der Waals surface area contributed by atoms with Crippen LogP contribution in [0.2, 0.25) is 0 Å². The number of aromatic hydroxyl groups is 1. The van der Waals surface area contributed by atoms with Crippen molar-refractivity contribution in [2.75, 3.05) is 25.5 Å². The normalized spacial score (nSPS) is 20.2. The lowest BCUT2D eigenvalue weighted by atomic mass is 10.0. The van der Waals surface area contributed by atoms with Crippen molar-refractivity contribution in [2.45, 2.75) is 25.3 Å². The highest BCUT2D eigenvalue weighted by molar-refractivity contribution is 5.63. The highest BCUT2D eigenvalue weighted by Crippen LogP contribution is 2.28. The summed E-state index contributed by atoms with van der Waals surface area (Å²) in [7, 11) is 2.08. The smallest absolute Gasteiger partial charge is 0.296 e. The number of piperidine rings is 1. The van der Waals surface area contributed by atoms with Gasteiger partial charge < -0.3 is 15.3 Å². The van der Waals surface area contributed by atoms with Crippen LogP contribution in [0.3, 0.4) is 0 Å². The molecule has 1 atom stereocenters. The summed E-state index contributed by atoms with van der Waals surface area (Å²) in [6.45, 7) is 1.76. The van der Waals surface area contributed by atoms with Crippen LogP contribution in [0.5, 0.6) is 5.75 Å². The number of nitrogens with zero attached hydrogens (tertiary/aromatic N) is 2. The zero-order valence-corrected chi connectivity index (χ0v) is 11.0. The molecule has 6 nitrogen and oxygen atoms in total. The molecule has 6 heteroatoms. The summed E-state index contributed by atoms with van der Waals surface area (Å²) >= 11 is 0. The molecule has 0 amide bonds. The van der Waals surface area contributed by atoms with Crippen LogP contribution < -0.4 is 5.32 Å². The fourth-order valence-corrected chi connectivity index (χ4v) is 2.45. The molecule has 1 aliphatic heterocycles. The Balaban J connectivity index is 2.04. The van der Waals surface area contributed by atoms with Gasteiger partial charge in [0.1, 0.15) is 11.4 Å². The third kappa shape index (κ3) is 3.35. The molecule has 0 bridgehead atoms. The van der Waals surface area contributed by atoms with E-state index >= 15 is 0 Å². The summed E-state index contributed by atoms with van der Waals surface area (Å²) in [4.78, 5) is 12.7. The first-order valence-electron chi connectivity index (χ1n) is 6.49. The molecule has 0 saturated carbocycles. The van der Waals surface area contributed by atoms with Crippen molar-refractivity contribution in [1.82, 2.24) is 4.90 Å². The topological polar surface area (TPSA) is 78.6 Å². The molecule has 1 fully saturated rings. The number of rotatable bonds is 4.